The minimum atomic E-state index is 0.0339. The predicted octanol–water partition coefficient (Wildman–Crippen LogP) is 4.89. The average molecular weight is 295 g/mol. The summed E-state index contributed by atoms with van der Waals surface area (Å²) in [5.41, 5.74) is 2.93. The van der Waals surface area contributed by atoms with E-state index in [-0.39, 0.29) is 5.78 Å². The Morgan fingerprint density at radius 2 is 1.62 bits per heavy atom. The van der Waals surface area contributed by atoms with Gasteiger partial charge in [-0.25, -0.2) is 0 Å². The number of ketones is 1. The molecule has 2 rings (SSSR count). The van der Waals surface area contributed by atoms with Crippen LogP contribution in [0.2, 0.25) is 5.02 Å². The maximum atomic E-state index is 12.2. The van der Waals surface area contributed by atoms with E-state index < -0.39 is 0 Å². The van der Waals surface area contributed by atoms with Crippen LogP contribution in [-0.2, 0) is 0 Å². The fourth-order valence-electron chi connectivity index (χ4n) is 1.90. The van der Waals surface area contributed by atoms with Crippen molar-refractivity contribution in [2.75, 3.05) is 0 Å². The monoisotopic (exact) mass is 294 g/mol. The summed E-state index contributed by atoms with van der Waals surface area (Å²) in [5.74, 6) is 6.09. The molecular weight excluding hydrogens is 280 g/mol. The molecule has 0 aliphatic carbocycles. The first kappa shape index (κ1) is 15.1. The fourth-order valence-corrected chi connectivity index (χ4v) is 2.08. The van der Waals surface area contributed by atoms with Crippen molar-refractivity contribution < 1.29 is 4.79 Å². The standard InChI is InChI=1S/C19H15ClO/c1-14(2)13-19(21)17-9-5-3-7-15(17)11-12-16-8-4-6-10-18(16)20/h3-10H,1,13H2,2H3. The molecule has 0 fully saturated rings. The van der Waals surface area contributed by atoms with E-state index in [9.17, 15) is 4.79 Å². The van der Waals surface area contributed by atoms with E-state index in [1.807, 2.05) is 43.3 Å². The van der Waals surface area contributed by atoms with Crippen molar-refractivity contribution in [2.45, 2.75) is 13.3 Å². The van der Waals surface area contributed by atoms with Crippen molar-refractivity contribution >= 4 is 17.4 Å². The van der Waals surface area contributed by atoms with Crippen molar-refractivity contribution in [1.29, 1.82) is 0 Å². The van der Waals surface area contributed by atoms with Crippen LogP contribution >= 0.6 is 11.6 Å². The summed E-state index contributed by atoms with van der Waals surface area (Å²) in [6.07, 6.45) is 0.338. The zero-order chi connectivity index (χ0) is 15.2. The number of carbonyl (C=O) groups is 1. The zero-order valence-corrected chi connectivity index (χ0v) is 12.6. The van der Waals surface area contributed by atoms with Crippen LogP contribution in [0.5, 0.6) is 0 Å². The third-order valence-corrected chi connectivity index (χ3v) is 3.23. The van der Waals surface area contributed by atoms with E-state index in [2.05, 4.69) is 18.4 Å². The summed E-state index contributed by atoms with van der Waals surface area (Å²) in [5, 5.41) is 0.607. The van der Waals surface area contributed by atoms with Gasteiger partial charge in [0.15, 0.2) is 5.78 Å². The number of hydrogen-bond acceptors (Lipinski definition) is 1. The van der Waals surface area contributed by atoms with E-state index in [4.69, 9.17) is 11.6 Å². The van der Waals surface area contributed by atoms with Gasteiger partial charge in [0.2, 0.25) is 0 Å². The zero-order valence-electron chi connectivity index (χ0n) is 11.8. The van der Waals surface area contributed by atoms with Crippen LogP contribution in [0.3, 0.4) is 0 Å². The number of hydrogen-bond donors (Lipinski definition) is 0. The smallest absolute Gasteiger partial charge is 0.168 e. The molecule has 0 bridgehead atoms. The molecule has 0 aliphatic heterocycles. The largest absolute Gasteiger partial charge is 0.294 e. The predicted molar refractivity (Wildman–Crippen MR) is 87.6 cm³/mol. The number of carbonyl (C=O) groups excluding carboxylic acids is 1. The van der Waals surface area contributed by atoms with E-state index in [1.54, 1.807) is 12.1 Å². The highest BCUT2D eigenvalue weighted by molar-refractivity contribution is 6.31. The summed E-state index contributed by atoms with van der Waals surface area (Å²) >= 11 is 6.08. The summed E-state index contributed by atoms with van der Waals surface area (Å²) in [6.45, 7) is 5.62. The molecule has 0 radical (unpaired) electrons. The lowest BCUT2D eigenvalue weighted by Gasteiger charge is -2.03. The minimum absolute atomic E-state index is 0.0339. The Hall–Kier alpha value is -2.30. The van der Waals surface area contributed by atoms with Gasteiger partial charge in [0.25, 0.3) is 0 Å². The van der Waals surface area contributed by atoms with E-state index >= 15 is 0 Å². The second kappa shape index (κ2) is 6.92. The van der Waals surface area contributed by atoms with Crippen molar-refractivity contribution in [3.8, 4) is 11.8 Å². The molecule has 1 nitrogen and oxygen atoms in total. The average Bonchev–Trinajstić information content (AvgIpc) is 2.46. The number of Topliss-reactive ketones (excluding diaryl/α,β-unsaturated/α-hetero) is 1. The van der Waals surface area contributed by atoms with Crippen molar-refractivity contribution in [3.63, 3.8) is 0 Å². The van der Waals surface area contributed by atoms with Gasteiger partial charge in [0.05, 0.1) is 5.02 Å². The van der Waals surface area contributed by atoms with Gasteiger partial charge in [-0.2, -0.15) is 0 Å². The van der Waals surface area contributed by atoms with E-state index in [0.717, 1.165) is 11.1 Å². The number of allylic oxidation sites excluding steroid dienone is 1. The first-order valence-electron chi connectivity index (χ1n) is 6.61. The highest BCUT2D eigenvalue weighted by atomic mass is 35.5. The SMILES string of the molecule is C=C(C)CC(=O)c1ccccc1C#Cc1ccccc1Cl. The van der Waals surface area contributed by atoms with Gasteiger partial charge in [-0.05, 0) is 25.1 Å². The summed E-state index contributed by atoms with van der Waals surface area (Å²) in [7, 11) is 0. The van der Waals surface area contributed by atoms with Crippen LogP contribution in [-0.4, -0.2) is 5.78 Å². The van der Waals surface area contributed by atoms with Crippen molar-refractivity contribution in [3.05, 3.63) is 82.4 Å². The van der Waals surface area contributed by atoms with Crippen LogP contribution in [0, 0.1) is 11.8 Å². The lowest BCUT2D eigenvalue weighted by atomic mass is 9.99. The molecule has 0 amide bonds. The minimum Gasteiger partial charge on any atom is -0.294 e. The summed E-state index contributed by atoms with van der Waals surface area (Å²) in [6, 6.07) is 14.7. The van der Waals surface area contributed by atoms with E-state index in [1.165, 1.54) is 0 Å². The first-order chi connectivity index (χ1) is 10.1. The quantitative estimate of drug-likeness (QED) is 0.447. The Morgan fingerprint density at radius 1 is 1.05 bits per heavy atom. The summed E-state index contributed by atoms with van der Waals surface area (Å²) in [4.78, 5) is 12.2. The highest BCUT2D eigenvalue weighted by Crippen LogP contribution is 2.15. The number of halogens is 1. The molecule has 0 heterocycles. The van der Waals surface area contributed by atoms with Crippen LogP contribution in [0.25, 0.3) is 0 Å². The summed E-state index contributed by atoms with van der Waals surface area (Å²) < 4.78 is 0. The molecule has 104 valence electrons. The highest BCUT2D eigenvalue weighted by Gasteiger charge is 2.09. The van der Waals surface area contributed by atoms with Gasteiger partial charge in [0.1, 0.15) is 0 Å². The molecule has 0 spiro atoms. The number of benzene rings is 2. The molecule has 0 saturated carbocycles. The van der Waals surface area contributed by atoms with Crippen molar-refractivity contribution in [2.24, 2.45) is 0 Å². The normalized spacial score (nSPS) is 9.62. The van der Waals surface area contributed by atoms with Gasteiger partial charge in [0, 0.05) is 23.1 Å². The Labute approximate surface area is 130 Å². The Kier molecular flexibility index (Phi) is 4.98. The second-order valence-corrected chi connectivity index (χ2v) is 5.24. The Balaban J connectivity index is 2.36. The van der Waals surface area contributed by atoms with Gasteiger partial charge in [-0.1, -0.05) is 65.9 Å². The molecule has 21 heavy (non-hydrogen) atoms. The van der Waals surface area contributed by atoms with Crippen LogP contribution < -0.4 is 0 Å². The van der Waals surface area contributed by atoms with Crippen molar-refractivity contribution in [1.82, 2.24) is 0 Å². The maximum absolute atomic E-state index is 12.2. The molecule has 0 atom stereocenters. The fraction of sp³-hybridized carbons (Fsp3) is 0.105. The molecule has 0 aromatic heterocycles. The van der Waals surface area contributed by atoms with Gasteiger partial charge >= 0.3 is 0 Å². The lowest BCUT2D eigenvalue weighted by molar-refractivity contribution is 0.0993. The molecule has 2 heteroatoms. The first-order valence-corrected chi connectivity index (χ1v) is 6.99. The third kappa shape index (κ3) is 4.08. The topological polar surface area (TPSA) is 17.1 Å². The molecule has 2 aromatic carbocycles. The number of rotatable bonds is 3. The molecule has 0 aliphatic rings. The molecule has 0 saturated heterocycles. The molecular formula is C19H15ClO. The van der Waals surface area contributed by atoms with Crippen LogP contribution in [0.15, 0.2) is 60.7 Å². The van der Waals surface area contributed by atoms with Crippen LogP contribution in [0.4, 0.5) is 0 Å². The Morgan fingerprint density at radius 3 is 2.29 bits per heavy atom. The molecule has 2 aromatic rings. The third-order valence-electron chi connectivity index (χ3n) is 2.90. The van der Waals surface area contributed by atoms with Gasteiger partial charge < -0.3 is 0 Å². The van der Waals surface area contributed by atoms with Gasteiger partial charge in [-0.15, -0.1) is 0 Å². The molecule has 0 N–H and O–H groups in total. The van der Waals surface area contributed by atoms with Crippen LogP contribution in [0.1, 0.15) is 34.8 Å². The Bertz CT molecular complexity index is 747. The van der Waals surface area contributed by atoms with Gasteiger partial charge in [-0.3, -0.25) is 4.79 Å². The second-order valence-electron chi connectivity index (χ2n) is 4.83. The van der Waals surface area contributed by atoms with E-state index in [0.29, 0.717) is 22.6 Å². The molecule has 0 unspecified atom stereocenters. The maximum Gasteiger partial charge on any atom is 0.168 e. The lowest BCUT2D eigenvalue weighted by Crippen LogP contribution is -2.02.